The summed E-state index contributed by atoms with van der Waals surface area (Å²) in [6, 6.07) is 0. The fourth-order valence-electron chi connectivity index (χ4n) is 2.33. The standard InChI is InChI=1S/C13H20O5/c1-2-3-4-5-6-11(15)18-10-8-17-12-9(14)7-16-13(10)12/h2,9-10,12-14H,1,3-8H2. The second-order valence-electron chi connectivity index (χ2n) is 4.73. The maximum absolute atomic E-state index is 11.6. The predicted molar refractivity (Wildman–Crippen MR) is 64.0 cm³/mol. The van der Waals surface area contributed by atoms with Crippen LogP contribution in [0.5, 0.6) is 0 Å². The normalized spacial score (nSPS) is 34.3. The Morgan fingerprint density at radius 1 is 1.33 bits per heavy atom. The fourth-order valence-corrected chi connectivity index (χ4v) is 2.33. The molecule has 2 aliphatic rings. The molecule has 0 aromatic heterocycles. The molecular formula is C13H20O5. The average molecular weight is 256 g/mol. The molecule has 4 atom stereocenters. The van der Waals surface area contributed by atoms with E-state index in [1.54, 1.807) is 0 Å². The summed E-state index contributed by atoms with van der Waals surface area (Å²) < 4.78 is 16.1. The van der Waals surface area contributed by atoms with Gasteiger partial charge in [-0.2, -0.15) is 0 Å². The van der Waals surface area contributed by atoms with Crippen LogP contribution in [-0.2, 0) is 19.0 Å². The maximum Gasteiger partial charge on any atom is 0.306 e. The molecule has 0 bridgehead atoms. The van der Waals surface area contributed by atoms with Crippen molar-refractivity contribution >= 4 is 5.97 Å². The molecule has 2 aliphatic heterocycles. The Hall–Kier alpha value is -0.910. The second kappa shape index (κ2) is 6.31. The van der Waals surface area contributed by atoms with E-state index in [0.29, 0.717) is 13.0 Å². The van der Waals surface area contributed by atoms with Crippen LogP contribution in [0.15, 0.2) is 12.7 Å². The van der Waals surface area contributed by atoms with Crippen LogP contribution in [0.25, 0.3) is 0 Å². The number of aliphatic hydroxyl groups excluding tert-OH is 1. The summed E-state index contributed by atoms with van der Waals surface area (Å²) in [6.45, 7) is 4.19. The van der Waals surface area contributed by atoms with E-state index in [0.717, 1.165) is 19.3 Å². The first kappa shape index (κ1) is 13.5. The van der Waals surface area contributed by atoms with Crippen LogP contribution in [0.4, 0.5) is 0 Å². The summed E-state index contributed by atoms with van der Waals surface area (Å²) in [5, 5.41) is 9.55. The van der Waals surface area contributed by atoms with Gasteiger partial charge in [-0.15, -0.1) is 6.58 Å². The molecule has 1 N–H and O–H groups in total. The van der Waals surface area contributed by atoms with Crippen molar-refractivity contribution in [2.24, 2.45) is 0 Å². The number of unbranched alkanes of at least 4 members (excludes halogenated alkanes) is 2. The van der Waals surface area contributed by atoms with Gasteiger partial charge in [-0.25, -0.2) is 0 Å². The molecule has 102 valence electrons. The number of aliphatic hydroxyl groups is 1. The minimum atomic E-state index is -0.605. The van der Waals surface area contributed by atoms with Crippen LogP contribution in [0, 0.1) is 0 Å². The van der Waals surface area contributed by atoms with E-state index >= 15 is 0 Å². The maximum atomic E-state index is 11.6. The quantitative estimate of drug-likeness (QED) is 0.432. The summed E-state index contributed by atoms with van der Waals surface area (Å²) in [7, 11) is 0. The van der Waals surface area contributed by atoms with Crippen LogP contribution in [0.1, 0.15) is 25.7 Å². The molecule has 0 saturated carbocycles. The Kier molecular flexibility index (Phi) is 4.74. The molecule has 2 saturated heterocycles. The molecule has 5 nitrogen and oxygen atoms in total. The summed E-state index contributed by atoms with van der Waals surface area (Å²) in [5.41, 5.74) is 0. The van der Waals surface area contributed by atoms with Crippen LogP contribution in [0.2, 0.25) is 0 Å². The summed E-state index contributed by atoms with van der Waals surface area (Å²) in [5.74, 6) is -0.224. The van der Waals surface area contributed by atoms with Crippen molar-refractivity contribution in [3.05, 3.63) is 12.7 Å². The number of esters is 1. The van der Waals surface area contributed by atoms with Gasteiger partial charge in [-0.1, -0.05) is 6.08 Å². The first-order chi connectivity index (χ1) is 8.72. The number of allylic oxidation sites excluding steroid dienone is 1. The van der Waals surface area contributed by atoms with Crippen molar-refractivity contribution in [2.45, 2.75) is 50.1 Å². The van der Waals surface area contributed by atoms with Gasteiger partial charge in [0.25, 0.3) is 0 Å². The highest BCUT2D eigenvalue weighted by Gasteiger charge is 2.48. The van der Waals surface area contributed by atoms with E-state index in [1.807, 2.05) is 6.08 Å². The number of carbonyl (C=O) groups is 1. The number of hydrogen-bond donors (Lipinski definition) is 1. The zero-order valence-corrected chi connectivity index (χ0v) is 10.4. The summed E-state index contributed by atoms with van der Waals surface area (Å²) in [6.07, 6.45) is 3.28. The van der Waals surface area contributed by atoms with Crippen molar-refractivity contribution in [2.75, 3.05) is 13.2 Å². The smallest absolute Gasteiger partial charge is 0.306 e. The van der Waals surface area contributed by atoms with Gasteiger partial charge in [0.1, 0.15) is 18.3 Å². The molecular weight excluding hydrogens is 236 g/mol. The summed E-state index contributed by atoms with van der Waals surface area (Å²) >= 11 is 0. The average Bonchev–Trinajstić information content (AvgIpc) is 2.90. The van der Waals surface area contributed by atoms with Crippen molar-refractivity contribution in [3.63, 3.8) is 0 Å². The van der Waals surface area contributed by atoms with Crippen LogP contribution in [-0.4, -0.2) is 48.7 Å². The Bertz CT molecular complexity index is 304. The third-order valence-electron chi connectivity index (χ3n) is 3.30. The monoisotopic (exact) mass is 256 g/mol. The predicted octanol–water partition coefficient (Wildman–Crippen LogP) is 0.803. The Balaban J connectivity index is 1.70. The molecule has 2 heterocycles. The molecule has 4 unspecified atom stereocenters. The lowest BCUT2D eigenvalue weighted by Gasteiger charge is -2.16. The lowest BCUT2D eigenvalue weighted by Crippen LogP contribution is -2.34. The minimum absolute atomic E-state index is 0.224. The number of ether oxygens (including phenoxy) is 3. The number of rotatable bonds is 6. The first-order valence-corrected chi connectivity index (χ1v) is 6.44. The third kappa shape index (κ3) is 3.10. The highest BCUT2D eigenvalue weighted by Crippen LogP contribution is 2.29. The lowest BCUT2D eigenvalue weighted by atomic mass is 10.1. The molecule has 2 fully saturated rings. The number of hydrogen-bond acceptors (Lipinski definition) is 5. The SMILES string of the molecule is C=CCCCCC(=O)OC1COC2C(O)COC12. The number of fused-ring (bicyclic) bond motifs is 1. The molecule has 0 aromatic rings. The molecule has 0 aromatic carbocycles. The van der Waals surface area contributed by atoms with Gasteiger partial charge in [0.05, 0.1) is 13.2 Å². The van der Waals surface area contributed by atoms with Crippen molar-refractivity contribution < 1.29 is 24.1 Å². The van der Waals surface area contributed by atoms with Crippen molar-refractivity contribution in [1.82, 2.24) is 0 Å². The van der Waals surface area contributed by atoms with Gasteiger partial charge in [0.2, 0.25) is 0 Å². The molecule has 0 amide bonds. The Morgan fingerprint density at radius 3 is 2.89 bits per heavy atom. The van der Waals surface area contributed by atoms with E-state index in [1.165, 1.54) is 0 Å². The van der Waals surface area contributed by atoms with Gasteiger partial charge in [0.15, 0.2) is 6.10 Å². The Labute approximate surface area is 107 Å². The fraction of sp³-hybridized carbons (Fsp3) is 0.769. The van der Waals surface area contributed by atoms with Gasteiger partial charge < -0.3 is 19.3 Å². The van der Waals surface area contributed by atoms with E-state index in [-0.39, 0.29) is 30.9 Å². The number of carbonyl (C=O) groups excluding carboxylic acids is 1. The van der Waals surface area contributed by atoms with E-state index in [4.69, 9.17) is 14.2 Å². The van der Waals surface area contributed by atoms with Gasteiger partial charge >= 0.3 is 5.97 Å². The van der Waals surface area contributed by atoms with Gasteiger partial charge in [-0.3, -0.25) is 4.79 Å². The van der Waals surface area contributed by atoms with Gasteiger partial charge in [-0.05, 0) is 19.3 Å². The molecule has 18 heavy (non-hydrogen) atoms. The van der Waals surface area contributed by atoms with E-state index in [9.17, 15) is 9.90 Å². The molecule has 2 rings (SSSR count). The largest absolute Gasteiger partial charge is 0.457 e. The Morgan fingerprint density at radius 2 is 2.11 bits per heavy atom. The van der Waals surface area contributed by atoms with Crippen molar-refractivity contribution in [1.29, 1.82) is 0 Å². The van der Waals surface area contributed by atoms with Crippen molar-refractivity contribution in [3.8, 4) is 0 Å². The van der Waals surface area contributed by atoms with Crippen LogP contribution < -0.4 is 0 Å². The first-order valence-electron chi connectivity index (χ1n) is 6.44. The zero-order valence-electron chi connectivity index (χ0n) is 10.4. The molecule has 0 aliphatic carbocycles. The van der Waals surface area contributed by atoms with E-state index < -0.39 is 6.10 Å². The second-order valence-corrected chi connectivity index (χ2v) is 4.73. The molecule has 0 radical (unpaired) electrons. The third-order valence-corrected chi connectivity index (χ3v) is 3.30. The highest BCUT2D eigenvalue weighted by molar-refractivity contribution is 5.69. The lowest BCUT2D eigenvalue weighted by molar-refractivity contribution is -0.153. The zero-order chi connectivity index (χ0) is 13.0. The van der Waals surface area contributed by atoms with Crippen LogP contribution >= 0.6 is 0 Å². The highest BCUT2D eigenvalue weighted by atomic mass is 16.6. The van der Waals surface area contributed by atoms with E-state index in [2.05, 4.69) is 6.58 Å². The molecule has 5 heteroatoms. The minimum Gasteiger partial charge on any atom is -0.457 e. The van der Waals surface area contributed by atoms with Crippen LogP contribution in [0.3, 0.4) is 0 Å². The topological polar surface area (TPSA) is 65.0 Å². The van der Waals surface area contributed by atoms with Gasteiger partial charge in [0, 0.05) is 6.42 Å². The summed E-state index contributed by atoms with van der Waals surface area (Å²) in [4.78, 5) is 11.6. The molecule has 0 spiro atoms.